The number of carbonyl (C=O) groups is 1. The molecule has 2 aromatic rings. The predicted molar refractivity (Wildman–Crippen MR) is 107 cm³/mol. The Balaban J connectivity index is 1.91. The van der Waals surface area contributed by atoms with Crippen LogP contribution in [0.1, 0.15) is 37.4 Å². The van der Waals surface area contributed by atoms with Gasteiger partial charge in [-0.05, 0) is 35.4 Å². The van der Waals surface area contributed by atoms with Crippen molar-refractivity contribution in [1.29, 1.82) is 0 Å². The average Bonchev–Trinajstić information content (AvgIpc) is 3.05. The number of amides is 1. The van der Waals surface area contributed by atoms with Gasteiger partial charge in [-0.3, -0.25) is 9.52 Å². The molecular weight excluding hydrogens is 381 g/mol. The van der Waals surface area contributed by atoms with E-state index in [2.05, 4.69) is 9.82 Å². The van der Waals surface area contributed by atoms with Crippen LogP contribution in [0.5, 0.6) is 0 Å². The summed E-state index contributed by atoms with van der Waals surface area (Å²) in [6, 6.07) is 12.6. The number of benzene rings is 2. The molecule has 6 nitrogen and oxygen atoms in total. The Labute approximate surface area is 164 Å². The van der Waals surface area contributed by atoms with Gasteiger partial charge in [0.05, 0.1) is 18.0 Å². The molecule has 0 fully saturated rings. The van der Waals surface area contributed by atoms with Crippen LogP contribution in [0.2, 0.25) is 0 Å². The van der Waals surface area contributed by atoms with E-state index in [0.29, 0.717) is 23.4 Å². The highest BCUT2D eigenvalue weighted by molar-refractivity contribution is 7.92. The van der Waals surface area contributed by atoms with Crippen LogP contribution in [0.15, 0.2) is 53.6 Å². The molecule has 0 radical (unpaired) electrons. The van der Waals surface area contributed by atoms with E-state index in [0.717, 1.165) is 11.8 Å². The summed E-state index contributed by atoms with van der Waals surface area (Å²) in [6.07, 6.45) is 1.53. The van der Waals surface area contributed by atoms with Crippen molar-refractivity contribution >= 4 is 27.3 Å². The maximum absolute atomic E-state index is 13.7. The molecule has 0 spiro atoms. The van der Waals surface area contributed by atoms with E-state index in [1.807, 2.05) is 0 Å². The van der Waals surface area contributed by atoms with E-state index < -0.39 is 10.0 Å². The van der Waals surface area contributed by atoms with Gasteiger partial charge in [0.15, 0.2) is 0 Å². The molecule has 8 heteroatoms. The van der Waals surface area contributed by atoms with Crippen LogP contribution < -0.4 is 4.72 Å². The zero-order chi connectivity index (χ0) is 20.5. The number of hydrazone groups is 1. The Morgan fingerprint density at radius 2 is 1.89 bits per heavy atom. The first-order valence-corrected chi connectivity index (χ1v) is 10.8. The quantitative estimate of drug-likeness (QED) is 0.829. The van der Waals surface area contributed by atoms with Crippen LogP contribution in [-0.2, 0) is 14.8 Å². The van der Waals surface area contributed by atoms with E-state index in [4.69, 9.17) is 0 Å². The fourth-order valence-corrected chi connectivity index (χ4v) is 3.64. The van der Waals surface area contributed by atoms with Crippen molar-refractivity contribution in [1.82, 2.24) is 5.01 Å². The number of carbonyl (C=O) groups excluding carboxylic acids is 1. The van der Waals surface area contributed by atoms with Crippen LogP contribution in [0.4, 0.5) is 10.1 Å². The lowest BCUT2D eigenvalue weighted by Crippen LogP contribution is -2.30. The van der Waals surface area contributed by atoms with Gasteiger partial charge in [0.25, 0.3) is 0 Å². The molecule has 0 bridgehead atoms. The minimum atomic E-state index is -3.36. The minimum absolute atomic E-state index is 0.139. The molecule has 148 valence electrons. The largest absolute Gasteiger partial charge is 0.284 e. The first-order valence-electron chi connectivity index (χ1n) is 8.88. The van der Waals surface area contributed by atoms with Crippen LogP contribution >= 0.6 is 0 Å². The molecule has 28 heavy (non-hydrogen) atoms. The average molecular weight is 403 g/mol. The number of anilines is 1. The summed E-state index contributed by atoms with van der Waals surface area (Å²) >= 11 is 0. The molecular formula is C20H22FN3O3S. The van der Waals surface area contributed by atoms with E-state index in [1.165, 1.54) is 17.1 Å². The van der Waals surface area contributed by atoms with Gasteiger partial charge in [-0.25, -0.2) is 17.8 Å². The molecule has 1 N–H and O–H groups in total. The van der Waals surface area contributed by atoms with Crippen molar-refractivity contribution < 1.29 is 17.6 Å². The third kappa shape index (κ3) is 4.56. The number of sulfonamides is 1. The lowest BCUT2D eigenvalue weighted by Gasteiger charge is -2.23. The van der Waals surface area contributed by atoms with Crippen molar-refractivity contribution in [3.05, 3.63) is 65.5 Å². The molecule has 0 saturated heterocycles. The summed E-state index contributed by atoms with van der Waals surface area (Å²) < 4.78 is 38.8. The zero-order valence-electron chi connectivity index (χ0n) is 15.9. The molecule has 1 unspecified atom stereocenters. The van der Waals surface area contributed by atoms with Crippen LogP contribution in [-0.4, -0.2) is 31.3 Å². The highest BCUT2D eigenvalue weighted by atomic mass is 32.2. The van der Waals surface area contributed by atoms with Gasteiger partial charge in [-0.1, -0.05) is 38.1 Å². The summed E-state index contributed by atoms with van der Waals surface area (Å²) in [7, 11) is -3.36. The molecule has 1 amide bonds. The molecule has 0 aliphatic carbocycles. The topological polar surface area (TPSA) is 78.8 Å². The van der Waals surface area contributed by atoms with Gasteiger partial charge in [0.2, 0.25) is 15.9 Å². The maximum atomic E-state index is 13.7. The minimum Gasteiger partial charge on any atom is -0.284 e. The standard InChI is InChI=1S/C20H22FN3O3S/c1-13(2)20(25)24-19(15-5-4-6-16(21)11-15)12-18(22-24)14-7-9-17(10-8-14)23-28(3,26)27/h4-11,13,19,23H,12H2,1-3H3. The Morgan fingerprint density at radius 1 is 1.21 bits per heavy atom. The van der Waals surface area contributed by atoms with Crippen LogP contribution in [0.25, 0.3) is 0 Å². The third-order valence-corrected chi connectivity index (χ3v) is 4.99. The second-order valence-corrected chi connectivity index (χ2v) is 8.86. The Morgan fingerprint density at radius 3 is 2.46 bits per heavy atom. The zero-order valence-corrected chi connectivity index (χ0v) is 16.7. The molecule has 1 aliphatic rings. The van der Waals surface area contributed by atoms with Crippen molar-refractivity contribution in [3.63, 3.8) is 0 Å². The fraction of sp³-hybridized carbons (Fsp3) is 0.300. The van der Waals surface area contributed by atoms with E-state index in [-0.39, 0.29) is 23.7 Å². The molecule has 0 aromatic heterocycles. The normalized spacial score (nSPS) is 17.0. The highest BCUT2D eigenvalue weighted by Crippen LogP contribution is 2.34. The van der Waals surface area contributed by atoms with Gasteiger partial charge >= 0.3 is 0 Å². The van der Waals surface area contributed by atoms with Gasteiger partial charge < -0.3 is 0 Å². The molecule has 1 aliphatic heterocycles. The highest BCUT2D eigenvalue weighted by Gasteiger charge is 2.34. The second kappa shape index (κ2) is 7.71. The van der Waals surface area contributed by atoms with E-state index >= 15 is 0 Å². The molecule has 1 heterocycles. The van der Waals surface area contributed by atoms with Crippen molar-refractivity contribution in [2.75, 3.05) is 11.0 Å². The maximum Gasteiger partial charge on any atom is 0.245 e. The fourth-order valence-electron chi connectivity index (χ4n) is 3.07. The number of rotatable bonds is 5. The Bertz CT molecular complexity index is 1020. The third-order valence-electron chi connectivity index (χ3n) is 4.38. The summed E-state index contributed by atoms with van der Waals surface area (Å²) in [5, 5.41) is 5.94. The SMILES string of the molecule is CC(C)C(=O)N1N=C(c2ccc(NS(C)(=O)=O)cc2)CC1c1cccc(F)c1. The number of hydrogen-bond donors (Lipinski definition) is 1. The molecule has 1 atom stereocenters. The van der Waals surface area contributed by atoms with Crippen molar-refractivity contribution in [2.24, 2.45) is 11.0 Å². The lowest BCUT2D eigenvalue weighted by atomic mass is 9.97. The van der Waals surface area contributed by atoms with Crippen LogP contribution in [0, 0.1) is 11.7 Å². The summed E-state index contributed by atoms with van der Waals surface area (Å²) in [4.78, 5) is 12.6. The van der Waals surface area contributed by atoms with Gasteiger partial charge in [0, 0.05) is 18.0 Å². The van der Waals surface area contributed by atoms with Crippen molar-refractivity contribution in [3.8, 4) is 0 Å². The lowest BCUT2D eigenvalue weighted by molar-refractivity contribution is -0.136. The number of halogens is 1. The molecule has 2 aromatic carbocycles. The van der Waals surface area contributed by atoms with Crippen molar-refractivity contribution in [2.45, 2.75) is 26.3 Å². The Kier molecular flexibility index (Phi) is 5.51. The second-order valence-electron chi connectivity index (χ2n) is 7.11. The number of nitrogens with zero attached hydrogens (tertiary/aromatic N) is 2. The van der Waals surface area contributed by atoms with Gasteiger partial charge in [-0.2, -0.15) is 5.10 Å². The van der Waals surface area contributed by atoms with Gasteiger partial charge in [0.1, 0.15) is 5.82 Å². The Hall–Kier alpha value is -2.74. The summed E-state index contributed by atoms with van der Waals surface area (Å²) in [6.45, 7) is 3.59. The monoisotopic (exact) mass is 403 g/mol. The first-order chi connectivity index (χ1) is 13.1. The van der Waals surface area contributed by atoms with Crippen LogP contribution in [0.3, 0.4) is 0 Å². The smallest absolute Gasteiger partial charge is 0.245 e. The molecule has 3 rings (SSSR count). The van der Waals surface area contributed by atoms with Gasteiger partial charge in [-0.15, -0.1) is 0 Å². The number of hydrogen-bond acceptors (Lipinski definition) is 4. The van der Waals surface area contributed by atoms with E-state index in [1.54, 1.807) is 50.2 Å². The summed E-state index contributed by atoms with van der Waals surface area (Å²) in [5.74, 6) is -0.751. The summed E-state index contributed by atoms with van der Waals surface area (Å²) in [5.41, 5.74) is 2.60. The number of nitrogens with one attached hydrogen (secondary N) is 1. The molecule has 0 saturated carbocycles. The van der Waals surface area contributed by atoms with E-state index in [9.17, 15) is 17.6 Å². The predicted octanol–water partition coefficient (Wildman–Crippen LogP) is 3.53. The first kappa shape index (κ1) is 20.0.